The molecule has 0 bridgehead atoms. The number of hydrogen-bond acceptors (Lipinski definition) is 5. The molecule has 1 heterocycles. The van der Waals surface area contributed by atoms with Gasteiger partial charge in [-0.15, -0.1) is 0 Å². The first-order valence-electron chi connectivity index (χ1n) is 9.45. The summed E-state index contributed by atoms with van der Waals surface area (Å²) in [5.74, 6) is 0.0889. The highest BCUT2D eigenvalue weighted by molar-refractivity contribution is 7.89. The van der Waals surface area contributed by atoms with Crippen LogP contribution in [0.2, 0.25) is 0 Å². The van der Waals surface area contributed by atoms with Crippen LogP contribution in [0.5, 0.6) is 5.75 Å². The van der Waals surface area contributed by atoms with Crippen LogP contribution in [0.3, 0.4) is 0 Å². The van der Waals surface area contributed by atoms with E-state index in [0.29, 0.717) is 39.1 Å². The molecule has 0 amide bonds. The molecule has 2 rings (SSSR count). The van der Waals surface area contributed by atoms with Crippen LogP contribution in [0.25, 0.3) is 0 Å². The summed E-state index contributed by atoms with van der Waals surface area (Å²) in [6.07, 6.45) is 2.03. The number of para-hydroxylation sites is 1. The van der Waals surface area contributed by atoms with Crippen molar-refractivity contribution in [2.24, 2.45) is 0 Å². The lowest BCUT2D eigenvalue weighted by Gasteiger charge is -2.37. The van der Waals surface area contributed by atoms with Crippen molar-refractivity contribution in [1.29, 1.82) is 0 Å². The summed E-state index contributed by atoms with van der Waals surface area (Å²) in [5.41, 5.74) is 1.07. The molecule has 1 aromatic rings. The SMILES string of the molecule is CCS(=O)(=O)N1CCC(N(CCCOc2ccccc2C)CC(=O)O)CC1. The number of carboxylic acids is 1. The number of ether oxygens (including phenoxy) is 1. The molecular weight excluding hydrogens is 368 g/mol. The summed E-state index contributed by atoms with van der Waals surface area (Å²) in [6.45, 7) is 5.65. The molecule has 1 aliphatic heterocycles. The Hall–Kier alpha value is -1.64. The summed E-state index contributed by atoms with van der Waals surface area (Å²) < 4.78 is 31.3. The summed E-state index contributed by atoms with van der Waals surface area (Å²) in [6, 6.07) is 7.89. The lowest BCUT2D eigenvalue weighted by Crippen LogP contribution is -2.48. The van der Waals surface area contributed by atoms with Gasteiger partial charge in [-0.2, -0.15) is 0 Å². The second-order valence-electron chi connectivity index (χ2n) is 6.86. The Bertz CT molecular complexity index is 715. The van der Waals surface area contributed by atoms with Crippen LogP contribution in [-0.4, -0.2) is 73.3 Å². The molecule has 152 valence electrons. The molecule has 0 unspecified atom stereocenters. The molecule has 0 aliphatic carbocycles. The number of sulfonamides is 1. The minimum absolute atomic E-state index is 0.0322. The number of carbonyl (C=O) groups is 1. The van der Waals surface area contributed by atoms with Crippen LogP contribution in [0.1, 0.15) is 31.7 Å². The van der Waals surface area contributed by atoms with Crippen molar-refractivity contribution in [2.75, 3.05) is 38.5 Å². The standard InChI is InChI=1S/C19H30N2O5S/c1-3-27(24,25)21-12-9-17(10-13-21)20(15-19(22)23)11-6-14-26-18-8-5-4-7-16(18)2/h4-5,7-8,17H,3,6,9-15H2,1-2H3,(H,22,23). The van der Waals surface area contributed by atoms with E-state index in [0.717, 1.165) is 17.7 Å². The first-order valence-corrected chi connectivity index (χ1v) is 11.1. The van der Waals surface area contributed by atoms with Gasteiger partial charge >= 0.3 is 5.97 Å². The summed E-state index contributed by atoms with van der Waals surface area (Å²) in [4.78, 5) is 13.2. The molecule has 0 aromatic heterocycles. The van der Waals surface area contributed by atoms with Gasteiger partial charge in [0.1, 0.15) is 5.75 Å². The van der Waals surface area contributed by atoms with E-state index in [4.69, 9.17) is 4.74 Å². The highest BCUT2D eigenvalue weighted by Gasteiger charge is 2.30. The molecule has 0 saturated carbocycles. The summed E-state index contributed by atoms with van der Waals surface area (Å²) >= 11 is 0. The average molecular weight is 399 g/mol. The Morgan fingerprint density at radius 1 is 1.30 bits per heavy atom. The van der Waals surface area contributed by atoms with E-state index < -0.39 is 16.0 Å². The number of rotatable bonds is 10. The van der Waals surface area contributed by atoms with E-state index >= 15 is 0 Å². The third-order valence-electron chi connectivity index (χ3n) is 4.98. The van der Waals surface area contributed by atoms with Crippen molar-refractivity contribution in [3.05, 3.63) is 29.8 Å². The van der Waals surface area contributed by atoms with Gasteiger partial charge in [0.2, 0.25) is 10.0 Å². The first kappa shape index (κ1) is 21.7. The van der Waals surface area contributed by atoms with E-state index in [9.17, 15) is 18.3 Å². The van der Waals surface area contributed by atoms with Crippen molar-refractivity contribution in [3.63, 3.8) is 0 Å². The van der Waals surface area contributed by atoms with Crippen molar-refractivity contribution in [3.8, 4) is 5.75 Å². The lowest BCUT2D eigenvalue weighted by molar-refractivity contribution is -0.139. The van der Waals surface area contributed by atoms with Crippen LogP contribution in [-0.2, 0) is 14.8 Å². The van der Waals surface area contributed by atoms with Crippen LogP contribution in [0.15, 0.2) is 24.3 Å². The fourth-order valence-electron chi connectivity index (χ4n) is 3.40. The van der Waals surface area contributed by atoms with Gasteiger partial charge in [0.25, 0.3) is 0 Å². The molecule has 7 nitrogen and oxygen atoms in total. The predicted molar refractivity (Wildman–Crippen MR) is 105 cm³/mol. The molecule has 0 atom stereocenters. The van der Waals surface area contributed by atoms with Crippen LogP contribution in [0, 0.1) is 6.92 Å². The number of aliphatic carboxylic acids is 1. The van der Waals surface area contributed by atoms with Gasteiger partial charge in [0.05, 0.1) is 18.9 Å². The lowest BCUT2D eigenvalue weighted by atomic mass is 10.0. The van der Waals surface area contributed by atoms with E-state index in [1.807, 2.05) is 36.1 Å². The molecule has 1 saturated heterocycles. The van der Waals surface area contributed by atoms with Gasteiger partial charge in [-0.3, -0.25) is 9.69 Å². The average Bonchev–Trinajstić information content (AvgIpc) is 2.65. The van der Waals surface area contributed by atoms with Gasteiger partial charge < -0.3 is 9.84 Å². The number of nitrogens with zero attached hydrogens (tertiary/aromatic N) is 2. The third kappa shape index (κ3) is 6.48. The Balaban J connectivity index is 1.85. The van der Waals surface area contributed by atoms with Crippen LogP contribution < -0.4 is 4.74 Å². The summed E-state index contributed by atoms with van der Waals surface area (Å²) in [7, 11) is -3.17. The number of carboxylic acid groups (broad SMARTS) is 1. The second kappa shape index (κ2) is 10.1. The number of piperidine rings is 1. The highest BCUT2D eigenvalue weighted by atomic mass is 32.2. The minimum atomic E-state index is -3.17. The maximum absolute atomic E-state index is 12.0. The topological polar surface area (TPSA) is 87.2 Å². The Morgan fingerprint density at radius 2 is 1.96 bits per heavy atom. The number of hydrogen-bond donors (Lipinski definition) is 1. The van der Waals surface area contributed by atoms with Gasteiger partial charge in [0, 0.05) is 25.7 Å². The first-order chi connectivity index (χ1) is 12.8. The largest absolute Gasteiger partial charge is 0.493 e. The van der Waals surface area contributed by atoms with Crippen LogP contribution in [0.4, 0.5) is 0 Å². The fraction of sp³-hybridized carbons (Fsp3) is 0.632. The zero-order chi connectivity index (χ0) is 19.9. The van der Waals surface area contributed by atoms with Gasteiger partial charge in [-0.05, 0) is 44.7 Å². The van der Waals surface area contributed by atoms with Crippen molar-refractivity contribution >= 4 is 16.0 Å². The van der Waals surface area contributed by atoms with Gasteiger partial charge in [0.15, 0.2) is 0 Å². The van der Waals surface area contributed by atoms with Crippen molar-refractivity contribution in [2.45, 2.75) is 39.2 Å². The highest BCUT2D eigenvalue weighted by Crippen LogP contribution is 2.20. The Morgan fingerprint density at radius 3 is 2.56 bits per heavy atom. The fourth-order valence-corrected chi connectivity index (χ4v) is 4.53. The number of aryl methyl sites for hydroxylation is 1. The zero-order valence-electron chi connectivity index (χ0n) is 16.1. The van der Waals surface area contributed by atoms with E-state index in [1.54, 1.807) is 6.92 Å². The summed E-state index contributed by atoms with van der Waals surface area (Å²) in [5, 5.41) is 9.23. The Labute approximate surface area is 162 Å². The smallest absolute Gasteiger partial charge is 0.317 e. The molecule has 27 heavy (non-hydrogen) atoms. The minimum Gasteiger partial charge on any atom is -0.493 e. The van der Waals surface area contributed by atoms with E-state index in [1.165, 1.54) is 4.31 Å². The predicted octanol–water partition coefficient (Wildman–Crippen LogP) is 1.96. The molecule has 1 fully saturated rings. The maximum Gasteiger partial charge on any atom is 0.317 e. The monoisotopic (exact) mass is 398 g/mol. The number of benzene rings is 1. The quantitative estimate of drug-likeness (QED) is 0.606. The molecule has 8 heteroatoms. The molecule has 1 N–H and O–H groups in total. The molecule has 1 aromatic carbocycles. The van der Waals surface area contributed by atoms with Gasteiger partial charge in [-0.1, -0.05) is 18.2 Å². The second-order valence-corrected chi connectivity index (χ2v) is 9.12. The molecular formula is C19H30N2O5S. The normalized spacial score (nSPS) is 16.6. The molecule has 0 spiro atoms. The van der Waals surface area contributed by atoms with Crippen molar-refractivity contribution in [1.82, 2.24) is 9.21 Å². The third-order valence-corrected chi connectivity index (χ3v) is 6.86. The van der Waals surface area contributed by atoms with E-state index in [-0.39, 0.29) is 18.3 Å². The van der Waals surface area contributed by atoms with Crippen LogP contribution >= 0.6 is 0 Å². The molecule has 0 radical (unpaired) electrons. The van der Waals surface area contributed by atoms with E-state index in [2.05, 4.69) is 0 Å². The zero-order valence-corrected chi connectivity index (χ0v) is 17.0. The molecule has 1 aliphatic rings. The Kier molecular flexibility index (Phi) is 8.07. The van der Waals surface area contributed by atoms with Crippen molar-refractivity contribution < 1.29 is 23.1 Å². The van der Waals surface area contributed by atoms with Gasteiger partial charge in [-0.25, -0.2) is 12.7 Å². The maximum atomic E-state index is 12.0.